The average molecular weight is 283 g/mol. The van der Waals surface area contributed by atoms with Crippen LogP contribution in [0.3, 0.4) is 0 Å². The standard InChI is InChI=1S/C15H23O5/c1-16-7-8-17-9-10-18-11-12-19-13-14-20-15-5-3-2-4-6-15/h3-6H,7-14H2,1H3. The third-order valence-corrected chi connectivity index (χ3v) is 2.36. The molecule has 0 spiro atoms. The third kappa shape index (κ3) is 9.75. The van der Waals surface area contributed by atoms with Crippen LogP contribution in [0, 0.1) is 6.07 Å². The summed E-state index contributed by atoms with van der Waals surface area (Å²) >= 11 is 0. The zero-order chi connectivity index (χ0) is 14.3. The van der Waals surface area contributed by atoms with Crippen LogP contribution in [-0.4, -0.2) is 60.0 Å². The molecule has 1 rings (SSSR count). The molecule has 0 saturated heterocycles. The van der Waals surface area contributed by atoms with Crippen LogP contribution in [0.2, 0.25) is 0 Å². The summed E-state index contributed by atoms with van der Waals surface area (Å²) in [5, 5.41) is 0. The molecule has 0 bridgehead atoms. The van der Waals surface area contributed by atoms with Crippen molar-refractivity contribution in [3.63, 3.8) is 0 Å². The predicted octanol–water partition coefficient (Wildman–Crippen LogP) is 1.56. The van der Waals surface area contributed by atoms with Crippen LogP contribution in [0.15, 0.2) is 24.3 Å². The van der Waals surface area contributed by atoms with Crippen LogP contribution in [0.25, 0.3) is 0 Å². The molecule has 1 radical (unpaired) electrons. The van der Waals surface area contributed by atoms with Gasteiger partial charge in [0.15, 0.2) is 0 Å². The van der Waals surface area contributed by atoms with Gasteiger partial charge in [-0.05, 0) is 18.2 Å². The Balaban J connectivity index is 1.77. The van der Waals surface area contributed by atoms with Crippen LogP contribution < -0.4 is 4.74 Å². The molecule has 1 aromatic rings. The molecule has 0 fully saturated rings. The van der Waals surface area contributed by atoms with Crippen molar-refractivity contribution >= 4 is 0 Å². The SMILES string of the molecule is COCCOCCOCCOCCOc1cc[c]cc1. The Morgan fingerprint density at radius 1 is 0.750 bits per heavy atom. The highest BCUT2D eigenvalue weighted by Gasteiger charge is 1.93. The molecular formula is C15H23O5. The maximum atomic E-state index is 5.47. The van der Waals surface area contributed by atoms with Crippen molar-refractivity contribution in [3.05, 3.63) is 30.3 Å². The van der Waals surface area contributed by atoms with E-state index in [1.807, 2.05) is 24.3 Å². The van der Waals surface area contributed by atoms with E-state index in [4.69, 9.17) is 23.7 Å². The summed E-state index contributed by atoms with van der Waals surface area (Å²) in [6, 6.07) is 10.3. The van der Waals surface area contributed by atoms with E-state index in [1.54, 1.807) is 7.11 Å². The van der Waals surface area contributed by atoms with E-state index >= 15 is 0 Å². The number of benzene rings is 1. The summed E-state index contributed by atoms with van der Waals surface area (Å²) in [4.78, 5) is 0. The molecule has 0 saturated carbocycles. The van der Waals surface area contributed by atoms with E-state index in [9.17, 15) is 0 Å². The maximum Gasteiger partial charge on any atom is 0.119 e. The van der Waals surface area contributed by atoms with Gasteiger partial charge in [0, 0.05) is 7.11 Å². The monoisotopic (exact) mass is 283 g/mol. The Hall–Kier alpha value is -1.14. The van der Waals surface area contributed by atoms with Crippen LogP contribution in [0.5, 0.6) is 5.75 Å². The molecule has 0 aromatic heterocycles. The van der Waals surface area contributed by atoms with Gasteiger partial charge in [-0.3, -0.25) is 0 Å². The molecule has 0 unspecified atom stereocenters. The molecule has 113 valence electrons. The van der Waals surface area contributed by atoms with Gasteiger partial charge in [0.25, 0.3) is 0 Å². The number of methoxy groups -OCH3 is 1. The van der Waals surface area contributed by atoms with Gasteiger partial charge in [0.1, 0.15) is 12.4 Å². The number of hydrogen-bond acceptors (Lipinski definition) is 5. The van der Waals surface area contributed by atoms with Crippen molar-refractivity contribution in [3.8, 4) is 5.75 Å². The number of rotatable bonds is 13. The van der Waals surface area contributed by atoms with E-state index in [1.165, 1.54) is 0 Å². The minimum absolute atomic E-state index is 0.532. The predicted molar refractivity (Wildman–Crippen MR) is 75.1 cm³/mol. The Labute approximate surface area is 120 Å². The van der Waals surface area contributed by atoms with Crippen LogP contribution >= 0.6 is 0 Å². The average Bonchev–Trinajstić information content (AvgIpc) is 2.49. The summed E-state index contributed by atoms with van der Waals surface area (Å²) in [7, 11) is 1.65. The lowest BCUT2D eigenvalue weighted by atomic mass is 10.3. The third-order valence-electron chi connectivity index (χ3n) is 2.36. The highest BCUT2D eigenvalue weighted by Crippen LogP contribution is 2.07. The van der Waals surface area contributed by atoms with Gasteiger partial charge in [-0.25, -0.2) is 0 Å². The Bertz CT molecular complexity index is 304. The highest BCUT2D eigenvalue weighted by atomic mass is 16.6. The summed E-state index contributed by atoms with van der Waals surface area (Å²) < 4.78 is 26.3. The summed E-state index contributed by atoms with van der Waals surface area (Å²) in [5.74, 6) is 0.830. The summed E-state index contributed by atoms with van der Waals surface area (Å²) in [6.07, 6.45) is 0. The fourth-order valence-electron chi connectivity index (χ4n) is 1.37. The van der Waals surface area contributed by atoms with E-state index in [0.29, 0.717) is 52.9 Å². The fraction of sp³-hybridized carbons (Fsp3) is 0.600. The lowest BCUT2D eigenvalue weighted by molar-refractivity contribution is 0.000164. The highest BCUT2D eigenvalue weighted by molar-refractivity contribution is 5.20. The molecule has 5 heteroatoms. The zero-order valence-corrected chi connectivity index (χ0v) is 12.0. The van der Waals surface area contributed by atoms with Gasteiger partial charge in [0.05, 0.1) is 46.2 Å². The molecule has 0 aliphatic heterocycles. The normalized spacial score (nSPS) is 10.7. The second kappa shape index (κ2) is 12.9. The summed E-state index contributed by atoms with van der Waals surface area (Å²) in [6.45, 7) is 4.57. The van der Waals surface area contributed by atoms with E-state index in [0.717, 1.165) is 5.75 Å². The molecule has 1 aromatic carbocycles. The van der Waals surface area contributed by atoms with Gasteiger partial charge in [0.2, 0.25) is 0 Å². The van der Waals surface area contributed by atoms with Crippen molar-refractivity contribution < 1.29 is 23.7 Å². The lowest BCUT2D eigenvalue weighted by Gasteiger charge is -2.08. The topological polar surface area (TPSA) is 46.2 Å². The molecule has 0 aliphatic rings. The first-order chi connectivity index (χ1) is 9.93. The molecule has 0 amide bonds. The quantitative estimate of drug-likeness (QED) is 0.514. The van der Waals surface area contributed by atoms with Crippen molar-refractivity contribution in [1.29, 1.82) is 0 Å². The van der Waals surface area contributed by atoms with Gasteiger partial charge in [-0.1, -0.05) is 12.1 Å². The van der Waals surface area contributed by atoms with E-state index in [2.05, 4.69) is 6.07 Å². The molecule has 0 heterocycles. The first kappa shape index (κ1) is 16.9. The van der Waals surface area contributed by atoms with Crippen molar-refractivity contribution in [2.75, 3.05) is 60.0 Å². The van der Waals surface area contributed by atoms with Crippen molar-refractivity contribution in [2.45, 2.75) is 0 Å². The van der Waals surface area contributed by atoms with Crippen molar-refractivity contribution in [1.82, 2.24) is 0 Å². The van der Waals surface area contributed by atoms with Gasteiger partial charge in [-0.2, -0.15) is 0 Å². The fourth-order valence-corrected chi connectivity index (χ4v) is 1.37. The Kier molecular flexibility index (Phi) is 10.9. The maximum absolute atomic E-state index is 5.47. The first-order valence-electron chi connectivity index (χ1n) is 6.74. The lowest BCUT2D eigenvalue weighted by Crippen LogP contribution is -2.13. The van der Waals surface area contributed by atoms with Gasteiger partial charge in [-0.15, -0.1) is 0 Å². The van der Waals surface area contributed by atoms with Crippen molar-refractivity contribution in [2.24, 2.45) is 0 Å². The van der Waals surface area contributed by atoms with Crippen LogP contribution in [0.1, 0.15) is 0 Å². The largest absolute Gasteiger partial charge is 0.491 e. The molecule has 20 heavy (non-hydrogen) atoms. The second-order valence-electron chi connectivity index (χ2n) is 3.91. The Morgan fingerprint density at radius 2 is 1.25 bits per heavy atom. The minimum Gasteiger partial charge on any atom is -0.491 e. The molecule has 0 atom stereocenters. The van der Waals surface area contributed by atoms with Gasteiger partial charge < -0.3 is 23.7 Å². The second-order valence-corrected chi connectivity index (χ2v) is 3.91. The summed E-state index contributed by atoms with van der Waals surface area (Å²) in [5.41, 5.74) is 0. The Morgan fingerprint density at radius 3 is 1.80 bits per heavy atom. The molecular weight excluding hydrogens is 260 g/mol. The molecule has 5 nitrogen and oxygen atoms in total. The zero-order valence-electron chi connectivity index (χ0n) is 12.0. The number of hydrogen-bond donors (Lipinski definition) is 0. The van der Waals surface area contributed by atoms with E-state index in [-0.39, 0.29) is 0 Å². The van der Waals surface area contributed by atoms with Crippen LogP contribution in [0.4, 0.5) is 0 Å². The van der Waals surface area contributed by atoms with E-state index < -0.39 is 0 Å². The molecule has 0 N–H and O–H groups in total. The molecule has 0 aliphatic carbocycles. The number of ether oxygens (including phenoxy) is 5. The minimum atomic E-state index is 0.532. The van der Waals surface area contributed by atoms with Crippen LogP contribution in [-0.2, 0) is 18.9 Å². The van der Waals surface area contributed by atoms with Gasteiger partial charge >= 0.3 is 0 Å². The smallest absolute Gasteiger partial charge is 0.119 e. The first-order valence-corrected chi connectivity index (χ1v) is 6.74.